The number of hydrogen-bond acceptors (Lipinski definition) is 4. The summed E-state index contributed by atoms with van der Waals surface area (Å²) in [5, 5.41) is 0. The highest BCUT2D eigenvalue weighted by molar-refractivity contribution is 5.54. The Balaban J connectivity index is 2.47. The van der Waals surface area contributed by atoms with Crippen molar-refractivity contribution in [3.05, 3.63) is 0 Å². The summed E-state index contributed by atoms with van der Waals surface area (Å²) in [4.78, 5) is 10.4. The number of methoxy groups -OCH3 is 2. The summed E-state index contributed by atoms with van der Waals surface area (Å²) >= 11 is 0. The number of carbonyl (C=O) groups is 1. The summed E-state index contributed by atoms with van der Waals surface area (Å²) in [7, 11) is 3.06. The first-order valence-corrected chi connectivity index (χ1v) is 3.48. The van der Waals surface area contributed by atoms with Crippen molar-refractivity contribution in [3.8, 4) is 0 Å². The number of rotatable bonds is 3. The van der Waals surface area contributed by atoms with Crippen molar-refractivity contribution in [1.29, 1.82) is 0 Å². The van der Waals surface area contributed by atoms with Crippen LogP contribution in [0.2, 0.25) is 0 Å². The van der Waals surface area contributed by atoms with Crippen LogP contribution in [0.25, 0.3) is 0 Å². The van der Waals surface area contributed by atoms with Gasteiger partial charge in [0.25, 0.3) is 0 Å². The fourth-order valence-electron chi connectivity index (χ4n) is 1.14. The van der Waals surface area contributed by atoms with Crippen LogP contribution in [-0.4, -0.2) is 33.1 Å². The molecule has 0 N–H and O–H groups in total. The second kappa shape index (κ2) is 3.80. The third-order valence-electron chi connectivity index (χ3n) is 1.77. The van der Waals surface area contributed by atoms with Gasteiger partial charge in [0.15, 0.2) is 12.6 Å². The summed E-state index contributed by atoms with van der Waals surface area (Å²) in [5.41, 5.74) is 0. The van der Waals surface area contributed by atoms with Gasteiger partial charge in [-0.1, -0.05) is 0 Å². The quantitative estimate of drug-likeness (QED) is 0.552. The Labute approximate surface area is 65.4 Å². The standard InChI is InChI=1S/C7H12O4/c1-9-6-3-5(4-8)7(10-2)11-6/h4-7H,3H2,1-2H3/t5?,6-,7?/m0/s1. The van der Waals surface area contributed by atoms with Crippen LogP contribution in [-0.2, 0) is 19.0 Å². The monoisotopic (exact) mass is 160 g/mol. The average molecular weight is 160 g/mol. The zero-order valence-electron chi connectivity index (χ0n) is 6.65. The normalized spacial score (nSPS) is 37.5. The van der Waals surface area contributed by atoms with E-state index in [-0.39, 0.29) is 12.2 Å². The summed E-state index contributed by atoms with van der Waals surface area (Å²) in [6.45, 7) is 0. The van der Waals surface area contributed by atoms with Crippen LogP contribution < -0.4 is 0 Å². The predicted molar refractivity (Wildman–Crippen MR) is 36.8 cm³/mol. The van der Waals surface area contributed by atoms with E-state index >= 15 is 0 Å². The first kappa shape index (κ1) is 8.64. The van der Waals surface area contributed by atoms with E-state index in [1.807, 2.05) is 0 Å². The van der Waals surface area contributed by atoms with Gasteiger partial charge in [-0.2, -0.15) is 0 Å². The maximum atomic E-state index is 10.4. The van der Waals surface area contributed by atoms with Crippen LogP contribution in [0.3, 0.4) is 0 Å². The number of carbonyl (C=O) groups excluding carboxylic acids is 1. The smallest absolute Gasteiger partial charge is 0.169 e. The summed E-state index contributed by atoms with van der Waals surface area (Å²) in [6.07, 6.45) is 0.693. The van der Waals surface area contributed by atoms with Gasteiger partial charge in [-0.25, -0.2) is 0 Å². The number of ether oxygens (including phenoxy) is 3. The lowest BCUT2D eigenvalue weighted by atomic mass is 10.1. The molecule has 4 heteroatoms. The van der Waals surface area contributed by atoms with E-state index in [9.17, 15) is 4.79 Å². The Hall–Kier alpha value is -0.450. The maximum absolute atomic E-state index is 10.4. The Bertz CT molecular complexity index is 136. The molecule has 3 atom stereocenters. The zero-order chi connectivity index (χ0) is 8.27. The van der Waals surface area contributed by atoms with Gasteiger partial charge in [0.1, 0.15) is 6.29 Å². The third kappa shape index (κ3) is 1.77. The second-order valence-corrected chi connectivity index (χ2v) is 2.44. The molecule has 0 aliphatic carbocycles. The molecule has 1 aliphatic rings. The summed E-state index contributed by atoms with van der Waals surface area (Å²) < 4.78 is 15.0. The Kier molecular flexibility index (Phi) is 2.99. The van der Waals surface area contributed by atoms with Crippen molar-refractivity contribution in [2.24, 2.45) is 5.92 Å². The third-order valence-corrected chi connectivity index (χ3v) is 1.77. The van der Waals surface area contributed by atoms with Crippen LogP contribution in [0.1, 0.15) is 6.42 Å². The molecule has 0 saturated carbocycles. The van der Waals surface area contributed by atoms with Gasteiger partial charge < -0.3 is 19.0 Å². The molecule has 1 aliphatic heterocycles. The largest absolute Gasteiger partial charge is 0.356 e. The Morgan fingerprint density at radius 3 is 2.55 bits per heavy atom. The number of hydrogen-bond donors (Lipinski definition) is 0. The molecule has 0 aromatic carbocycles. The maximum Gasteiger partial charge on any atom is 0.169 e. The SMILES string of the molecule is COC1O[C@H](OC)CC1C=O. The molecule has 1 fully saturated rings. The lowest BCUT2D eigenvalue weighted by Gasteiger charge is -2.11. The summed E-state index contributed by atoms with van der Waals surface area (Å²) in [5.74, 6) is -0.190. The van der Waals surface area contributed by atoms with Crippen molar-refractivity contribution >= 4 is 6.29 Å². The molecule has 0 radical (unpaired) electrons. The van der Waals surface area contributed by atoms with Crippen molar-refractivity contribution in [2.75, 3.05) is 14.2 Å². The van der Waals surface area contributed by atoms with Gasteiger partial charge in [-0.3, -0.25) is 0 Å². The van der Waals surface area contributed by atoms with Gasteiger partial charge in [0, 0.05) is 20.6 Å². The fourth-order valence-corrected chi connectivity index (χ4v) is 1.14. The molecule has 1 heterocycles. The molecular weight excluding hydrogens is 148 g/mol. The average Bonchev–Trinajstić information content (AvgIpc) is 2.46. The van der Waals surface area contributed by atoms with Crippen LogP contribution in [0.5, 0.6) is 0 Å². The minimum Gasteiger partial charge on any atom is -0.356 e. The molecule has 0 spiro atoms. The highest BCUT2D eigenvalue weighted by Crippen LogP contribution is 2.25. The van der Waals surface area contributed by atoms with Crippen molar-refractivity contribution in [3.63, 3.8) is 0 Å². The van der Waals surface area contributed by atoms with Crippen LogP contribution >= 0.6 is 0 Å². The fraction of sp³-hybridized carbons (Fsp3) is 0.857. The van der Waals surface area contributed by atoms with E-state index in [4.69, 9.17) is 14.2 Å². The predicted octanol–water partition coefficient (Wildman–Crippen LogP) is 0.167. The van der Waals surface area contributed by atoms with E-state index in [0.29, 0.717) is 6.42 Å². The second-order valence-electron chi connectivity index (χ2n) is 2.44. The lowest BCUT2D eigenvalue weighted by molar-refractivity contribution is -0.192. The molecule has 1 saturated heterocycles. The van der Waals surface area contributed by atoms with Gasteiger partial charge in [0.05, 0.1) is 5.92 Å². The molecule has 0 bridgehead atoms. The minimum absolute atomic E-state index is 0.190. The van der Waals surface area contributed by atoms with E-state index in [0.717, 1.165) is 6.29 Å². The van der Waals surface area contributed by atoms with Gasteiger partial charge in [0.2, 0.25) is 0 Å². The highest BCUT2D eigenvalue weighted by atomic mass is 16.8. The molecule has 4 nitrogen and oxygen atoms in total. The molecular formula is C7H12O4. The van der Waals surface area contributed by atoms with Crippen LogP contribution in [0, 0.1) is 5.92 Å². The Morgan fingerprint density at radius 1 is 1.45 bits per heavy atom. The van der Waals surface area contributed by atoms with Crippen LogP contribution in [0.4, 0.5) is 0 Å². The van der Waals surface area contributed by atoms with E-state index < -0.39 is 6.29 Å². The first-order valence-electron chi connectivity index (χ1n) is 3.48. The minimum atomic E-state index is -0.433. The molecule has 11 heavy (non-hydrogen) atoms. The summed E-state index contributed by atoms with van der Waals surface area (Å²) in [6, 6.07) is 0. The first-order chi connectivity index (χ1) is 5.31. The molecule has 0 amide bonds. The van der Waals surface area contributed by atoms with Crippen molar-refractivity contribution in [2.45, 2.75) is 19.0 Å². The molecule has 2 unspecified atom stereocenters. The van der Waals surface area contributed by atoms with Crippen LogP contribution in [0.15, 0.2) is 0 Å². The lowest BCUT2D eigenvalue weighted by Crippen LogP contribution is -2.19. The van der Waals surface area contributed by atoms with E-state index in [1.54, 1.807) is 7.11 Å². The topological polar surface area (TPSA) is 44.8 Å². The Morgan fingerprint density at radius 2 is 2.18 bits per heavy atom. The van der Waals surface area contributed by atoms with Crippen molar-refractivity contribution in [1.82, 2.24) is 0 Å². The van der Waals surface area contributed by atoms with Gasteiger partial charge >= 0.3 is 0 Å². The van der Waals surface area contributed by atoms with Crippen molar-refractivity contribution < 1.29 is 19.0 Å². The van der Waals surface area contributed by atoms with E-state index in [1.165, 1.54) is 7.11 Å². The van der Waals surface area contributed by atoms with E-state index in [2.05, 4.69) is 0 Å². The molecule has 64 valence electrons. The van der Waals surface area contributed by atoms with Gasteiger partial charge in [-0.05, 0) is 0 Å². The zero-order valence-corrected chi connectivity index (χ0v) is 6.65. The highest BCUT2D eigenvalue weighted by Gasteiger charge is 2.34. The molecule has 0 aromatic rings. The molecule has 0 aromatic heterocycles. The molecule has 1 rings (SSSR count). The number of aldehydes is 1. The van der Waals surface area contributed by atoms with Gasteiger partial charge in [-0.15, -0.1) is 0 Å².